The third-order valence-corrected chi connectivity index (χ3v) is 2.39. The van der Waals surface area contributed by atoms with Gasteiger partial charge in [-0.25, -0.2) is 9.97 Å². The summed E-state index contributed by atoms with van der Waals surface area (Å²) in [5.41, 5.74) is 2.09. The molecule has 0 saturated carbocycles. The van der Waals surface area contributed by atoms with Crippen LogP contribution in [0.3, 0.4) is 0 Å². The van der Waals surface area contributed by atoms with E-state index in [9.17, 15) is 0 Å². The standard InChI is InChI=1S/C10H11BrN4/c11-10-3-1-2-8(15-10)4-12-5-9-6-13-7-14-9/h1-3,6-7,12H,4-5H2,(H,13,14). The van der Waals surface area contributed by atoms with Crippen molar-refractivity contribution in [1.82, 2.24) is 20.3 Å². The van der Waals surface area contributed by atoms with E-state index in [1.54, 1.807) is 12.5 Å². The minimum atomic E-state index is 0.748. The van der Waals surface area contributed by atoms with E-state index in [0.717, 1.165) is 29.1 Å². The van der Waals surface area contributed by atoms with Gasteiger partial charge in [-0.05, 0) is 28.1 Å². The van der Waals surface area contributed by atoms with Gasteiger partial charge in [0.25, 0.3) is 0 Å². The second-order valence-electron chi connectivity index (χ2n) is 3.13. The van der Waals surface area contributed by atoms with E-state index >= 15 is 0 Å². The van der Waals surface area contributed by atoms with Crippen LogP contribution >= 0.6 is 15.9 Å². The summed E-state index contributed by atoms with van der Waals surface area (Å²) >= 11 is 3.34. The monoisotopic (exact) mass is 266 g/mol. The predicted molar refractivity (Wildman–Crippen MR) is 61.1 cm³/mol. The number of H-pyrrole nitrogens is 1. The van der Waals surface area contributed by atoms with E-state index in [1.165, 1.54) is 0 Å². The van der Waals surface area contributed by atoms with Crippen LogP contribution in [0.2, 0.25) is 0 Å². The number of nitrogens with zero attached hydrogens (tertiary/aromatic N) is 2. The van der Waals surface area contributed by atoms with Crippen molar-refractivity contribution >= 4 is 15.9 Å². The minimum Gasteiger partial charge on any atom is -0.347 e. The van der Waals surface area contributed by atoms with Crippen molar-refractivity contribution in [1.29, 1.82) is 0 Å². The predicted octanol–water partition coefficient (Wildman–Crippen LogP) is 1.86. The van der Waals surface area contributed by atoms with Crippen LogP contribution in [0, 0.1) is 0 Å². The van der Waals surface area contributed by atoms with Gasteiger partial charge in [0.2, 0.25) is 0 Å². The SMILES string of the molecule is Brc1cccc(CNCc2cnc[nH]2)n1. The van der Waals surface area contributed by atoms with Crippen LogP contribution in [0.25, 0.3) is 0 Å². The maximum absolute atomic E-state index is 4.32. The molecule has 2 N–H and O–H groups in total. The highest BCUT2D eigenvalue weighted by Gasteiger charge is 1.96. The molecule has 0 atom stereocenters. The molecule has 0 aromatic carbocycles. The normalized spacial score (nSPS) is 10.5. The molecule has 0 aliphatic heterocycles. The smallest absolute Gasteiger partial charge is 0.106 e. The Labute approximate surface area is 96.3 Å². The molecule has 2 rings (SSSR count). The third kappa shape index (κ3) is 3.14. The van der Waals surface area contributed by atoms with E-state index in [0.29, 0.717) is 0 Å². The van der Waals surface area contributed by atoms with Gasteiger partial charge < -0.3 is 10.3 Å². The van der Waals surface area contributed by atoms with Crippen LogP contribution in [-0.4, -0.2) is 15.0 Å². The lowest BCUT2D eigenvalue weighted by molar-refractivity contribution is 0.669. The zero-order valence-corrected chi connectivity index (χ0v) is 9.66. The minimum absolute atomic E-state index is 0.748. The zero-order chi connectivity index (χ0) is 10.5. The highest BCUT2D eigenvalue weighted by molar-refractivity contribution is 9.10. The molecule has 0 amide bonds. The molecule has 0 fully saturated rings. The Morgan fingerprint density at radius 3 is 3.00 bits per heavy atom. The second kappa shape index (κ2) is 5.04. The molecule has 2 heterocycles. The summed E-state index contributed by atoms with van der Waals surface area (Å²) in [6.45, 7) is 1.52. The van der Waals surface area contributed by atoms with Crippen molar-refractivity contribution in [3.8, 4) is 0 Å². The maximum atomic E-state index is 4.32. The fourth-order valence-corrected chi connectivity index (χ4v) is 1.64. The van der Waals surface area contributed by atoms with E-state index in [4.69, 9.17) is 0 Å². The number of hydrogen-bond donors (Lipinski definition) is 2. The van der Waals surface area contributed by atoms with Gasteiger partial charge in [-0.15, -0.1) is 0 Å². The number of aromatic amines is 1. The van der Waals surface area contributed by atoms with Crippen LogP contribution in [0.4, 0.5) is 0 Å². The molecule has 0 aliphatic rings. The Kier molecular flexibility index (Phi) is 3.47. The molecule has 0 spiro atoms. The topological polar surface area (TPSA) is 53.6 Å². The lowest BCUT2D eigenvalue weighted by Gasteiger charge is -2.02. The highest BCUT2D eigenvalue weighted by Crippen LogP contribution is 2.05. The molecular weight excluding hydrogens is 256 g/mol. The van der Waals surface area contributed by atoms with E-state index < -0.39 is 0 Å². The molecule has 2 aromatic heterocycles. The maximum Gasteiger partial charge on any atom is 0.106 e. The lowest BCUT2D eigenvalue weighted by Crippen LogP contribution is -2.13. The lowest BCUT2D eigenvalue weighted by atomic mass is 10.3. The summed E-state index contributed by atoms with van der Waals surface area (Å²) < 4.78 is 0.864. The van der Waals surface area contributed by atoms with Gasteiger partial charge in [-0.2, -0.15) is 0 Å². The van der Waals surface area contributed by atoms with Gasteiger partial charge in [-0.3, -0.25) is 0 Å². The first-order valence-electron chi connectivity index (χ1n) is 4.64. The number of rotatable bonds is 4. The van der Waals surface area contributed by atoms with Crippen molar-refractivity contribution in [3.05, 3.63) is 46.7 Å². The molecule has 15 heavy (non-hydrogen) atoms. The Balaban J connectivity index is 1.83. The molecule has 0 radical (unpaired) electrons. The summed E-state index contributed by atoms with van der Waals surface area (Å²) in [6.07, 6.45) is 3.48. The molecule has 4 nitrogen and oxygen atoms in total. The largest absolute Gasteiger partial charge is 0.347 e. The Morgan fingerprint density at radius 1 is 1.33 bits per heavy atom. The van der Waals surface area contributed by atoms with Crippen LogP contribution in [0.15, 0.2) is 35.3 Å². The fraction of sp³-hybridized carbons (Fsp3) is 0.200. The Bertz CT molecular complexity index is 413. The number of imidazole rings is 1. The van der Waals surface area contributed by atoms with Crippen molar-refractivity contribution in [2.75, 3.05) is 0 Å². The van der Waals surface area contributed by atoms with Crippen LogP contribution in [-0.2, 0) is 13.1 Å². The van der Waals surface area contributed by atoms with Crippen molar-refractivity contribution in [2.45, 2.75) is 13.1 Å². The first-order chi connectivity index (χ1) is 7.34. The first kappa shape index (κ1) is 10.3. The van der Waals surface area contributed by atoms with Crippen LogP contribution in [0.5, 0.6) is 0 Å². The van der Waals surface area contributed by atoms with Crippen molar-refractivity contribution in [2.24, 2.45) is 0 Å². The summed E-state index contributed by atoms with van der Waals surface area (Å²) in [5, 5.41) is 3.28. The number of aromatic nitrogens is 3. The third-order valence-electron chi connectivity index (χ3n) is 1.95. The van der Waals surface area contributed by atoms with E-state index in [-0.39, 0.29) is 0 Å². The molecule has 5 heteroatoms. The van der Waals surface area contributed by atoms with Gasteiger partial charge in [0.05, 0.1) is 12.0 Å². The van der Waals surface area contributed by atoms with Crippen LogP contribution < -0.4 is 5.32 Å². The Hall–Kier alpha value is -1.20. The molecule has 78 valence electrons. The summed E-state index contributed by atoms with van der Waals surface area (Å²) in [5.74, 6) is 0. The van der Waals surface area contributed by atoms with Crippen LogP contribution in [0.1, 0.15) is 11.4 Å². The van der Waals surface area contributed by atoms with Gasteiger partial charge >= 0.3 is 0 Å². The second-order valence-corrected chi connectivity index (χ2v) is 3.94. The molecule has 0 aliphatic carbocycles. The van der Waals surface area contributed by atoms with Crippen molar-refractivity contribution in [3.63, 3.8) is 0 Å². The van der Waals surface area contributed by atoms with Crippen molar-refractivity contribution < 1.29 is 0 Å². The number of hydrogen-bond acceptors (Lipinski definition) is 3. The van der Waals surface area contributed by atoms with E-state index in [2.05, 4.69) is 36.2 Å². The van der Waals surface area contributed by atoms with Gasteiger partial charge in [0.15, 0.2) is 0 Å². The van der Waals surface area contributed by atoms with Gasteiger partial charge in [-0.1, -0.05) is 6.07 Å². The first-order valence-corrected chi connectivity index (χ1v) is 5.43. The zero-order valence-electron chi connectivity index (χ0n) is 8.07. The fourth-order valence-electron chi connectivity index (χ4n) is 1.26. The van der Waals surface area contributed by atoms with E-state index in [1.807, 2.05) is 18.2 Å². The Morgan fingerprint density at radius 2 is 2.27 bits per heavy atom. The van der Waals surface area contributed by atoms with Gasteiger partial charge in [0.1, 0.15) is 4.60 Å². The average Bonchev–Trinajstić information content (AvgIpc) is 2.71. The molecule has 0 unspecified atom stereocenters. The number of halogens is 1. The molecule has 0 saturated heterocycles. The highest BCUT2D eigenvalue weighted by atomic mass is 79.9. The molecule has 2 aromatic rings. The average molecular weight is 267 g/mol. The van der Waals surface area contributed by atoms with Gasteiger partial charge in [0, 0.05) is 25.0 Å². The number of nitrogens with one attached hydrogen (secondary N) is 2. The summed E-state index contributed by atoms with van der Waals surface area (Å²) in [6, 6.07) is 5.88. The number of pyridine rings is 1. The molecule has 0 bridgehead atoms. The molecular formula is C10H11BrN4. The summed E-state index contributed by atoms with van der Waals surface area (Å²) in [4.78, 5) is 11.3. The quantitative estimate of drug-likeness (QED) is 0.831. The summed E-state index contributed by atoms with van der Waals surface area (Å²) in [7, 11) is 0.